The third-order valence-corrected chi connectivity index (χ3v) is 3.01. The van der Waals surface area contributed by atoms with Gasteiger partial charge in [0.15, 0.2) is 6.61 Å². The first-order chi connectivity index (χ1) is 14.1. The third-order valence-electron chi connectivity index (χ3n) is 3.01. The second-order valence-corrected chi connectivity index (χ2v) is 5.44. The fourth-order valence-corrected chi connectivity index (χ4v) is 1.35. The van der Waals surface area contributed by atoms with E-state index in [2.05, 4.69) is 11.3 Å². The van der Waals surface area contributed by atoms with Crippen molar-refractivity contribution < 1.29 is 93.6 Å². The molecule has 0 N–H and O–H groups in total. The van der Waals surface area contributed by atoms with Crippen LogP contribution in [-0.4, -0.2) is 61.0 Å². The van der Waals surface area contributed by atoms with Gasteiger partial charge in [-0.1, -0.05) is 6.58 Å². The van der Waals surface area contributed by atoms with E-state index in [9.17, 15) is 79.4 Å². The zero-order chi connectivity index (χ0) is 27.1. The highest BCUT2D eigenvalue weighted by atomic mass is 19.4. The summed E-state index contributed by atoms with van der Waals surface area (Å²) in [5.41, 5.74) is 0. The lowest BCUT2D eigenvalue weighted by Crippen LogP contribution is -2.67. The average molecular weight is 536 g/mol. The molecule has 33 heavy (non-hydrogen) atoms. The van der Waals surface area contributed by atoms with Gasteiger partial charge < -0.3 is 4.74 Å². The van der Waals surface area contributed by atoms with Gasteiger partial charge in [-0.2, -0.15) is 74.6 Å². The maximum Gasteiger partial charge on any atom is 0.462 e. The van der Waals surface area contributed by atoms with Gasteiger partial charge in [0, 0.05) is 6.08 Å². The quantitative estimate of drug-likeness (QED) is 0.219. The Bertz CT molecular complexity index is 723. The molecule has 21 heteroatoms. The van der Waals surface area contributed by atoms with E-state index in [0.29, 0.717) is 0 Å². The summed E-state index contributed by atoms with van der Waals surface area (Å²) in [4.78, 5) is 10.6. The molecule has 0 rings (SSSR count). The van der Waals surface area contributed by atoms with Crippen LogP contribution in [0.3, 0.4) is 0 Å². The van der Waals surface area contributed by atoms with Crippen molar-refractivity contribution in [2.75, 3.05) is 6.61 Å². The average Bonchev–Trinajstić information content (AvgIpc) is 2.55. The minimum atomic E-state index is -7.98. The summed E-state index contributed by atoms with van der Waals surface area (Å²) in [6, 6.07) is 0. The zero-order valence-electron chi connectivity index (χ0n) is 14.5. The molecule has 0 aliphatic rings. The molecule has 0 aliphatic heterocycles. The maximum absolute atomic E-state index is 13.8. The van der Waals surface area contributed by atoms with Crippen molar-refractivity contribution in [3.63, 3.8) is 0 Å². The van der Waals surface area contributed by atoms with Crippen LogP contribution in [0, 0.1) is 0 Å². The zero-order valence-corrected chi connectivity index (χ0v) is 14.5. The molecule has 0 saturated heterocycles. The van der Waals surface area contributed by atoms with Crippen molar-refractivity contribution in [1.82, 2.24) is 0 Å². The predicted molar refractivity (Wildman–Crippen MR) is 64.0 cm³/mol. The number of rotatable bonds is 9. The van der Waals surface area contributed by atoms with E-state index in [1.165, 1.54) is 4.74 Å². The number of esters is 1. The Hall–Kier alpha value is -2.06. The van der Waals surface area contributed by atoms with Crippen LogP contribution in [0.15, 0.2) is 12.7 Å². The number of hydrogen-bond donors (Lipinski definition) is 0. The van der Waals surface area contributed by atoms with Crippen LogP contribution in [0.4, 0.5) is 74.6 Å². The van der Waals surface area contributed by atoms with Gasteiger partial charge in [-0.15, -0.1) is 0 Å². The van der Waals surface area contributed by atoms with E-state index in [4.69, 9.17) is 0 Å². The van der Waals surface area contributed by atoms with Crippen molar-refractivity contribution in [2.24, 2.45) is 0 Å². The Labute approximate surface area is 168 Å². The molecule has 0 aromatic carbocycles. The minimum absolute atomic E-state index is 0.0764. The molecule has 0 aromatic rings. The largest absolute Gasteiger partial charge is 0.462 e. The Morgan fingerprint density at radius 2 is 1.06 bits per heavy atom. The highest BCUT2D eigenvalue weighted by Crippen LogP contribution is 2.56. The molecule has 0 radical (unpaired) electrons. The van der Waals surface area contributed by atoms with Gasteiger partial charge in [0.25, 0.3) is 0 Å². The van der Waals surface area contributed by atoms with Crippen LogP contribution in [0.2, 0.25) is 0 Å². The second-order valence-electron chi connectivity index (χ2n) is 5.44. The molecule has 0 spiro atoms. The van der Waals surface area contributed by atoms with Crippen LogP contribution < -0.4 is 0 Å². The predicted octanol–water partition coefficient (Wildman–Crippen LogP) is 5.59. The molecule has 0 fully saturated rings. The molecule has 0 heterocycles. The fourth-order valence-electron chi connectivity index (χ4n) is 1.35. The van der Waals surface area contributed by atoms with Gasteiger partial charge in [-0.05, 0) is 0 Å². The van der Waals surface area contributed by atoms with E-state index < -0.39 is 61.0 Å². The normalized spacial score (nSPS) is 18.3. The molecule has 0 amide bonds. The number of carbonyl (C=O) groups is 1. The molecule has 0 aliphatic carbocycles. The van der Waals surface area contributed by atoms with E-state index in [0.717, 1.165) is 0 Å². The number of alkyl halides is 17. The van der Waals surface area contributed by atoms with Crippen LogP contribution in [0.1, 0.15) is 0 Å². The van der Waals surface area contributed by atoms with Crippen LogP contribution in [0.5, 0.6) is 0 Å². The summed E-state index contributed by atoms with van der Waals surface area (Å²) in [5.74, 6) is -24.3. The molecule has 0 bridgehead atoms. The van der Waals surface area contributed by atoms with Gasteiger partial charge in [-0.3, -0.25) is 9.47 Å². The molecule has 4 nitrogen and oxygen atoms in total. The highest BCUT2D eigenvalue weighted by molar-refractivity contribution is 5.81. The topological polar surface area (TPSA) is 44.8 Å². The van der Waals surface area contributed by atoms with Gasteiger partial charge in [0.1, 0.15) is 0 Å². The minimum Gasteiger partial charge on any atom is -0.456 e. The van der Waals surface area contributed by atoms with Crippen molar-refractivity contribution in [1.29, 1.82) is 0 Å². The Morgan fingerprint density at radius 3 is 1.36 bits per heavy atom. The van der Waals surface area contributed by atoms with E-state index in [1.807, 2.05) is 4.74 Å². The smallest absolute Gasteiger partial charge is 0.456 e. The number of ether oxygens (including phenoxy) is 3. The molecular weight excluding hydrogens is 531 g/mol. The summed E-state index contributed by atoms with van der Waals surface area (Å²) >= 11 is 0. The molecule has 0 aromatic heterocycles. The lowest BCUT2D eigenvalue weighted by molar-refractivity contribution is -0.552. The van der Waals surface area contributed by atoms with E-state index in [1.54, 1.807) is 0 Å². The van der Waals surface area contributed by atoms with Crippen LogP contribution in [-0.2, 0) is 19.0 Å². The lowest BCUT2D eigenvalue weighted by Gasteiger charge is -2.40. The second kappa shape index (κ2) is 8.62. The molecule has 0 saturated carbocycles. The Balaban J connectivity index is 6.57. The van der Waals surface area contributed by atoms with Gasteiger partial charge in [0.05, 0.1) is 0 Å². The van der Waals surface area contributed by atoms with E-state index in [-0.39, 0.29) is 6.08 Å². The van der Waals surface area contributed by atoms with Crippen molar-refractivity contribution in [3.05, 3.63) is 12.7 Å². The summed E-state index contributed by atoms with van der Waals surface area (Å²) in [5, 5.41) is 0. The van der Waals surface area contributed by atoms with Crippen LogP contribution >= 0.6 is 0 Å². The summed E-state index contributed by atoms with van der Waals surface area (Å²) in [6.07, 6.45) is -38.2. The Morgan fingerprint density at radius 1 is 0.636 bits per heavy atom. The summed E-state index contributed by atoms with van der Waals surface area (Å²) in [6.45, 7) is -0.684. The third kappa shape index (κ3) is 5.90. The molecule has 0 unspecified atom stereocenters. The number of hydrogen-bond acceptors (Lipinski definition) is 4. The monoisotopic (exact) mass is 536 g/mol. The summed E-state index contributed by atoms with van der Waals surface area (Å²) in [7, 11) is 0. The van der Waals surface area contributed by atoms with Crippen molar-refractivity contribution in [2.45, 2.75) is 48.4 Å². The maximum atomic E-state index is 13.8. The first-order valence-electron chi connectivity index (χ1n) is 7.03. The number of halogens is 17. The van der Waals surface area contributed by atoms with Gasteiger partial charge in [0.2, 0.25) is 0 Å². The van der Waals surface area contributed by atoms with Gasteiger partial charge >= 0.3 is 54.3 Å². The van der Waals surface area contributed by atoms with Crippen molar-refractivity contribution in [3.8, 4) is 0 Å². The number of carbonyl (C=O) groups excluding carboxylic acids is 1. The SMILES string of the molecule is C=CC(=O)OC[C@](F)(OC(F)(F)[C@](F)(OC(F)(F)C(F)(F)C(F)(F)F)C(F)(F)F)C(F)(F)F. The van der Waals surface area contributed by atoms with Gasteiger partial charge in [-0.25, -0.2) is 4.79 Å². The molecule has 196 valence electrons. The Kier molecular flexibility index (Phi) is 8.08. The fraction of sp³-hybridized carbons (Fsp3) is 0.750. The van der Waals surface area contributed by atoms with E-state index >= 15 is 0 Å². The first kappa shape index (κ1) is 30.9. The molecular formula is C12H5F17O4. The highest BCUT2D eigenvalue weighted by Gasteiger charge is 2.85. The van der Waals surface area contributed by atoms with Crippen LogP contribution in [0.25, 0.3) is 0 Å². The summed E-state index contributed by atoms with van der Waals surface area (Å²) < 4.78 is 224. The first-order valence-corrected chi connectivity index (χ1v) is 7.03. The van der Waals surface area contributed by atoms with Crippen molar-refractivity contribution >= 4 is 5.97 Å². The standard InChI is InChI=1S/C12H5F17O4/c1-2-4(30)31-3-5(13,8(17,18)19)32-12(28,29)7(16,10(23,24)25)33-11(26,27)6(14,15)9(20,21)22/h2H,1,3H2/t5-,7+/m0/s1. The lowest BCUT2D eigenvalue weighted by atomic mass is 10.2. The molecule has 2 atom stereocenters.